The molecule has 0 saturated heterocycles. The van der Waals surface area contributed by atoms with Gasteiger partial charge in [0.05, 0.1) is 22.2 Å². The Labute approximate surface area is 156 Å². The van der Waals surface area contributed by atoms with Crippen LogP contribution in [0.2, 0.25) is 10.0 Å². The van der Waals surface area contributed by atoms with Crippen molar-refractivity contribution in [3.05, 3.63) is 69.2 Å². The van der Waals surface area contributed by atoms with Crippen LogP contribution in [0.15, 0.2) is 42.5 Å². The van der Waals surface area contributed by atoms with Gasteiger partial charge in [-0.05, 0) is 37.3 Å². The minimum Gasteiger partial charge on any atom is -0.349 e. The van der Waals surface area contributed by atoms with Crippen LogP contribution in [0.1, 0.15) is 40.1 Å². The van der Waals surface area contributed by atoms with E-state index in [0.29, 0.717) is 21.7 Å². The molecule has 6 heteroatoms. The van der Waals surface area contributed by atoms with E-state index in [4.69, 9.17) is 28.5 Å². The smallest absolute Gasteiger partial charge is 0.253 e. The number of nitriles is 1. The van der Waals surface area contributed by atoms with Crippen LogP contribution in [-0.4, -0.2) is 17.7 Å². The Morgan fingerprint density at radius 3 is 2.28 bits per heavy atom. The summed E-state index contributed by atoms with van der Waals surface area (Å²) in [6.45, 7) is 3.50. The number of Topliss-reactive ketones (excluding diaryl/α,β-unsaturated/α-hetero) is 1. The summed E-state index contributed by atoms with van der Waals surface area (Å²) in [5, 5.41) is 12.3. The van der Waals surface area contributed by atoms with Gasteiger partial charge in [-0.1, -0.05) is 42.3 Å². The van der Waals surface area contributed by atoms with Gasteiger partial charge in [0, 0.05) is 22.5 Å². The Hall–Kier alpha value is -2.35. The first kappa shape index (κ1) is 19.0. The van der Waals surface area contributed by atoms with Crippen molar-refractivity contribution in [1.29, 1.82) is 5.26 Å². The van der Waals surface area contributed by atoms with Crippen molar-refractivity contribution in [3.63, 3.8) is 0 Å². The quantitative estimate of drug-likeness (QED) is 0.782. The standard InChI is InChI=1S/C19H16Cl2N2O2/c1-11(18(24)14-5-3-13(10-22)4-6-14)12(2)23-19(25)16-8-7-15(20)9-17(16)21/h3-9,11-12H,1-2H3,(H,23,25). The van der Waals surface area contributed by atoms with Crippen molar-refractivity contribution < 1.29 is 9.59 Å². The molecule has 0 heterocycles. The zero-order valence-corrected chi connectivity index (χ0v) is 15.2. The predicted octanol–water partition coefficient (Wildman–Crippen LogP) is 4.50. The summed E-state index contributed by atoms with van der Waals surface area (Å²) in [7, 11) is 0. The Morgan fingerprint density at radius 2 is 1.72 bits per heavy atom. The number of carbonyl (C=O) groups excluding carboxylic acids is 2. The highest BCUT2D eigenvalue weighted by Crippen LogP contribution is 2.21. The Kier molecular flexibility index (Phi) is 6.19. The van der Waals surface area contributed by atoms with Crippen LogP contribution < -0.4 is 5.32 Å². The van der Waals surface area contributed by atoms with Crippen LogP contribution in [0.4, 0.5) is 0 Å². The largest absolute Gasteiger partial charge is 0.349 e. The Balaban J connectivity index is 2.08. The molecule has 0 fully saturated rings. The van der Waals surface area contributed by atoms with Crippen molar-refractivity contribution in [1.82, 2.24) is 5.32 Å². The van der Waals surface area contributed by atoms with E-state index in [9.17, 15) is 9.59 Å². The third-order valence-electron chi connectivity index (χ3n) is 4.00. The van der Waals surface area contributed by atoms with E-state index in [1.807, 2.05) is 6.07 Å². The molecule has 2 atom stereocenters. The zero-order chi connectivity index (χ0) is 18.6. The first-order valence-corrected chi connectivity index (χ1v) is 8.39. The highest BCUT2D eigenvalue weighted by atomic mass is 35.5. The fourth-order valence-electron chi connectivity index (χ4n) is 2.28. The van der Waals surface area contributed by atoms with Crippen molar-refractivity contribution in [3.8, 4) is 6.07 Å². The third kappa shape index (κ3) is 4.60. The maximum absolute atomic E-state index is 12.5. The molecule has 4 nitrogen and oxygen atoms in total. The van der Waals surface area contributed by atoms with Gasteiger partial charge in [0.2, 0.25) is 0 Å². The van der Waals surface area contributed by atoms with Crippen molar-refractivity contribution >= 4 is 34.9 Å². The minimum absolute atomic E-state index is 0.112. The van der Waals surface area contributed by atoms with Crippen LogP contribution in [0.5, 0.6) is 0 Å². The van der Waals surface area contributed by atoms with Gasteiger partial charge >= 0.3 is 0 Å². The number of hydrogen-bond acceptors (Lipinski definition) is 3. The summed E-state index contributed by atoms with van der Waals surface area (Å²) >= 11 is 11.9. The van der Waals surface area contributed by atoms with E-state index in [1.54, 1.807) is 50.2 Å². The topological polar surface area (TPSA) is 70.0 Å². The number of carbonyl (C=O) groups is 2. The van der Waals surface area contributed by atoms with Crippen LogP contribution in [0, 0.1) is 17.2 Å². The number of hydrogen-bond donors (Lipinski definition) is 1. The van der Waals surface area contributed by atoms with E-state index < -0.39 is 12.0 Å². The van der Waals surface area contributed by atoms with Gasteiger partial charge < -0.3 is 5.32 Å². The SMILES string of the molecule is CC(NC(=O)c1ccc(Cl)cc1Cl)C(C)C(=O)c1ccc(C#N)cc1. The zero-order valence-electron chi connectivity index (χ0n) is 13.7. The van der Waals surface area contributed by atoms with Gasteiger partial charge in [0.15, 0.2) is 5.78 Å². The van der Waals surface area contributed by atoms with Crippen LogP contribution in [-0.2, 0) is 0 Å². The molecule has 2 aromatic carbocycles. The van der Waals surface area contributed by atoms with E-state index in [0.717, 1.165) is 0 Å². The molecular weight excluding hydrogens is 359 g/mol. The second-order valence-electron chi connectivity index (χ2n) is 5.73. The van der Waals surface area contributed by atoms with Crippen molar-refractivity contribution in [2.24, 2.45) is 5.92 Å². The Morgan fingerprint density at radius 1 is 1.08 bits per heavy atom. The summed E-state index contributed by atoms with van der Waals surface area (Å²) in [4.78, 5) is 24.9. The van der Waals surface area contributed by atoms with E-state index in [-0.39, 0.29) is 16.7 Å². The molecule has 0 aliphatic carbocycles. The predicted molar refractivity (Wildman–Crippen MR) is 98.0 cm³/mol. The van der Waals surface area contributed by atoms with Gasteiger partial charge in [-0.15, -0.1) is 0 Å². The fraction of sp³-hybridized carbons (Fsp3) is 0.211. The highest BCUT2D eigenvalue weighted by molar-refractivity contribution is 6.36. The minimum atomic E-state index is -0.442. The highest BCUT2D eigenvalue weighted by Gasteiger charge is 2.24. The first-order valence-electron chi connectivity index (χ1n) is 7.63. The second kappa shape index (κ2) is 8.15. The lowest BCUT2D eigenvalue weighted by atomic mass is 9.92. The molecule has 1 amide bonds. The van der Waals surface area contributed by atoms with Crippen LogP contribution >= 0.6 is 23.2 Å². The number of ketones is 1. The molecule has 2 aromatic rings. The number of amides is 1. The lowest BCUT2D eigenvalue weighted by molar-refractivity contribution is 0.0869. The average molecular weight is 375 g/mol. The molecule has 0 aliphatic heterocycles. The van der Waals surface area contributed by atoms with Crippen LogP contribution in [0.3, 0.4) is 0 Å². The Bertz CT molecular complexity index is 841. The lowest BCUT2D eigenvalue weighted by Gasteiger charge is -2.21. The number of nitrogens with one attached hydrogen (secondary N) is 1. The summed E-state index contributed by atoms with van der Waals surface area (Å²) in [5.41, 5.74) is 1.29. The van der Waals surface area contributed by atoms with Crippen LogP contribution in [0.25, 0.3) is 0 Å². The monoisotopic (exact) mass is 374 g/mol. The van der Waals surface area contributed by atoms with Crippen molar-refractivity contribution in [2.45, 2.75) is 19.9 Å². The maximum atomic E-state index is 12.5. The molecule has 0 saturated carbocycles. The molecule has 2 unspecified atom stereocenters. The van der Waals surface area contributed by atoms with Gasteiger partial charge in [0.1, 0.15) is 0 Å². The maximum Gasteiger partial charge on any atom is 0.253 e. The second-order valence-corrected chi connectivity index (χ2v) is 6.57. The van der Waals surface area contributed by atoms with Crippen molar-refractivity contribution in [2.75, 3.05) is 0 Å². The molecule has 2 rings (SSSR count). The normalized spacial score (nSPS) is 12.8. The number of halogens is 2. The molecule has 0 aliphatic rings. The summed E-state index contributed by atoms with van der Waals surface area (Å²) in [6, 6.07) is 12.6. The molecule has 0 spiro atoms. The van der Waals surface area contributed by atoms with E-state index in [1.165, 1.54) is 6.07 Å². The fourth-order valence-corrected chi connectivity index (χ4v) is 2.78. The molecule has 0 radical (unpaired) electrons. The molecule has 0 bridgehead atoms. The number of benzene rings is 2. The van der Waals surface area contributed by atoms with E-state index in [2.05, 4.69) is 5.32 Å². The van der Waals surface area contributed by atoms with Gasteiger partial charge in [-0.2, -0.15) is 5.26 Å². The average Bonchev–Trinajstić information content (AvgIpc) is 2.60. The molecular formula is C19H16Cl2N2O2. The number of nitrogens with zero attached hydrogens (tertiary/aromatic N) is 1. The first-order chi connectivity index (χ1) is 11.8. The summed E-state index contributed by atoms with van der Waals surface area (Å²) in [5.74, 6) is -0.920. The number of rotatable bonds is 5. The molecule has 128 valence electrons. The molecule has 25 heavy (non-hydrogen) atoms. The summed E-state index contributed by atoms with van der Waals surface area (Å²) < 4.78 is 0. The third-order valence-corrected chi connectivity index (χ3v) is 4.54. The van der Waals surface area contributed by atoms with Gasteiger partial charge in [-0.3, -0.25) is 9.59 Å². The molecule has 1 N–H and O–H groups in total. The molecule has 0 aromatic heterocycles. The van der Waals surface area contributed by atoms with Gasteiger partial charge in [0.25, 0.3) is 5.91 Å². The summed E-state index contributed by atoms with van der Waals surface area (Å²) in [6.07, 6.45) is 0. The van der Waals surface area contributed by atoms with Gasteiger partial charge in [-0.25, -0.2) is 0 Å². The lowest BCUT2D eigenvalue weighted by Crippen LogP contribution is -2.40. The van der Waals surface area contributed by atoms with E-state index >= 15 is 0 Å².